The van der Waals surface area contributed by atoms with E-state index in [4.69, 9.17) is 28.4 Å². The van der Waals surface area contributed by atoms with Crippen molar-refractivity contribution in [3.8, 4) is 0 Å². The molecule has 3 saturated heterocycles. The van der Waals surface area contributed by atoms with Crippen LogP contribution in [0.25, 0.3) is 0 Å². The van der Waals surface area contributed by atoms with Gasteiger partial charge in [0.15, 0.2) is 12.6 Å². The summed E-state index contributed by atoms with van der Waals surface area (Å²) in [5.74, 6) is -3.00. The number of likely N-dealkylation sites (N-methyl/N-ethyl adjacent to an activating group) is 1. The number of esters is 1. The Kier molecular flexibility index (Phi) is 16.5. The number of methoxy groups -OCH3 is 1. The molecule has 16 nitrogen and oxygen atoms in total. The Morgan fingerprint density at radius 3 is 2.11 bits per heavy atom. The van der Waals surface area contributed by atoms with Crippen LogP contribution in [0.5, 0.6) is 0 Å². The minimum atomic E-state index is -3.72. The van der Waals surface area contributed by atoms with Crippen LogP contribution in [0.15, 0.2) is 0 Å². The molecule has 3 fully saturated rings. The van der Waals surface area contributed by atoms with Gasteiger partial charge in [-0.25, -0.2) is 8.42 Å². The van der Waals surface area contributed by atoms with Gasteiger partial charge < -0.3 is 59.3 Å². The SMILES string of the molecule is CC[C@H]1OC(=O)[C@H](C)[C@@H](O[C@H]2C[C@@](C)(OC)[C@](O)(CC)[C@H](C)O2)[C@H](C)[C@@H](O[C@@H]2O[C@H](C)C[C@H](N(C)S(C)(=O)=O)[C@H]2O)[C@](C)(O)C[C@@H](C)CN[C@H](C)[C@@H](O)[C@]1(C)O. The molecule has 3 aliphatic heterocycles. The first-order valence-corrected chi connectivity index (χ1v) is 22.0. The predicted octanol–water partition coefficient (Wildman–Crippen LogP) is 1.67. The molecular formula is C39H74N2O14S. The van der Waals surface area contributed by atoms with Gasteiger partial charge in [-0.3, -0.25) is 4.79 Å². The zero-order valence-corrected chi connectivity index (χ0v) is 36.9. The Morgan fingerprint density at radius 1 is 0.964 bits per heavy atom. The Labute approximate surface area is 334 Å². The number of carbonyl (C=O) groups excluding carboxylic acids is 1. The highest BCUT2D eigenvalue weighted by atomic mass is 32.2. The van der Waals surface area contributed by atoms with Crippen molar-refractivity contribution in [3.05, 3.63) is 0 Å². The molecule has 330 valence electrons. The molecule has 0 radical (unpaired) electrons. The molecule has 0 saturated carbocycles. The molecule has 6 N–H and O–H groups in total. The lowest BCUT2D eigenvalue weighted by molar-refractivity contribution is -0.337. The first-order chi connectivity index (χ1) is 25.6. The number of carbonyl (C=O) groups is 1. The maximum Gasteiger partial charge on any atom is 0.311 e. The van der Waals surface area contributed by atoms with Crippen LogP contribution in [0.2, 0.25) is 0 Å². The number of cyclic esters (lactones) is 1. The second-order valence-electron chi connectivity index (χ2n) is 17.7. The molecule has 0 bridgehead atoms. The first kappa shape index (κ1) is 49.3. The van der Waals surface area contributed by atoms with Gasteiger partial charge >= 0.3 is 5.97 Å². The van der Waals surface area contributed by atoms with Gasteiger partial charge in [-0.05, 0) is 86.6 Å². The van der Waals surface area contributed by atoms with E-state index < -0.39 is 118 Å². The lowest BCUT2D eigenvalue weighted by Gasteiger charge is -2.53. The zero-order chi connectivity index (χ0) is 42.9. The number of hydrogen-bond acceptors (Lipinski definition) is 15. The number of aliphatic hydroxyl groups is 5. The number of sulfonamides is 1. The van der Waals surface area contributed by atoms with E-state index in [1.807, 2.05) is 13.8 Å². The van der Waals surface area contributed by atoms with Crippen molar-refractivity contribution in [1.82, 2.24) is 9.62 Å². The summed E-state index contributed by atoms with van der Waals surface area (Å²) in [4.78, 5) is 14.3. The third-order valence-electron chi connectivity index (χ3n) is 13.1. The van der Waals surface area contributed by atoms with E-state index in [1.54, 1.807) is 55.4 Å². The number of hydrogen-bond donors (Lipinski definition) is 6. The van der Waals surface area contributed by atoms with Crippen molar-refractivity contribution >= 4 is 16.0 Å². The molecule has 0 unspecified atom stereocenters. The topological polar surface area (TPSA) is 223 Å². The number of nitrogens with zero attached hydrogens (tertiary/aromatic N) is 1. The molecule has 0 aliphatic carbocycles. The van der Waals surface area contributed by atoms with Crippen LogP contribution < -0.4 is 5.32 Å². The summed E-state index contributed by atoms with van der Waals surface area (Å²) in [6, 6.07) is -1.55. The van der Waals surface area contributed by atoms with E-state index in [-0.39, 0.29) is 31.6 Å². The van der Waals surface area contributed by atoms with Crippen molar-refractivity contribution in [2.45, 2.75) is 198 Å². The third kappa shape index (κ3) is 10.4. The van der Waals surface area contributed by atoms with Gasteiger partial charge in [0.2, 0.25) is 10.0 Å². The summed E-state index contributed by atoms with van der Waals surface area (Å²) in [5, 5.41) is 62.1. The van der Waals surface area contributed by atoms with Gasteiger partial charge in [0.05, 0.1) is 48.2 Å². The number of aliphatic hydroxyl groups excluding tert-OH is 2. The lowest BCUT2D eigenvalue weighted by Crippen LogP contribution is -2.66. The Morgan fingerprint density at radius 2 is 1.57 bits per heavy atom. The van der Waals surface area contributed by atoms with E-state index in [0.717, 1.165) is 10.6 Å². The average molecular weight is 827 g/mol. The Balaban J connectivity index is 2.20. The van der Waals surface area contributed by atoms with Crippen LogP contribution >= 0.6 is 0 Å². The second kappa shape index (κ2) is 18.7. The molecule has 0 aromatic rings. The molecule has 56 heavy (non-hydrogen) atoms. The average Bonchev–Trinajstić information content (AvgIpc) is 3.11. The minimum absolute atomic E-state index is 0.0611. The van der Waals surface area contributed by atoms with E-state index in [1.165, 1.54) is 21.1 Å². The quantitative estimate of drug-likeness (QED) is 0.182. The first-order valence-electron chi connectivity index (χ1n) is 20.2. The second-order valence-corrected chi connectivity index (χ2v) is 19.7. The highest BCUT2D eigenvalue weighted by molar-refractivity contribution is 7.88. The van der Waals surface area contributed by atoms with Crippen molar-refractivity contribution in [3.63, 3.8) is 0 Å². The molecule has 0 amide bonds. The smallest absolute Gasteiger partial charge is 0.311 e. The van der Waals surface area contributed by atoms with Crippen LogP contribution in [0, 0.1) is 17.8 Å². The van der Waals surface area contributed by atoms with Gasteiger partial charge in [0.1, 0.15) is 35.1 Å². The summed E-state index contributed by atoms with van der Waals surface area (Å²) < 4.78 is 64.0. The molecule has 0 aromatic carbocycles. The van der Waals surface area contributed by atoms with Crippen LogP contribution in [0.4, 0.5) is 0 Å². The Hall–Kier alpha value is -1.06. The summed E-state index contributed by atoms with van der Waals surface area (Å²) >= 11 is 0. The molecule has 3 heterocycles. The summed E-state index contributed by atoms with van der Waals surface area (Å²) in [5.41, 5.74) is -6.06. The highest BCUT2D eigenvalue weighted by Gasteiger charge is 2.58. The van der Waals surface area contributed by atoms with Crippen LogP contribution in [-0.2, 0) is 43.2 Å². The fourth-order valence-electron chi connectivity index (χ4n) is 9.18. The highest BCUT2D eigenvalue weighted by Crippen LogP contribution is 2.44. The van der Waals surface area contributed by atoms with Gasteiger partial charge in [0.25, 0.3) is 0 Å². The summed E-state index contributed by atoms with van der Waals surface area (Å²) in [6.07, 6.45) is -8.12. The molecule has 3 aliphatic rings. The van der Waals surface area contributed by atoms with Gasteiger partial charge in [-0.15, -0.1) is 0 Å². The van der Waals surface area contributed by atoms with Crippen molar-refractivity contribution in [2.75, 3.05) is 27.0 Å². The molecule has 18 atom stereocenters. The zero-order valence-electron chi connectivity index (χ0n) is 36.1. The van der Waals surface area contributed by atoms with E-state index >= 15 is 0 Å². The largest absolute Gasteiger partial charge is 0.459 e. The normalized spacial score (nSPS) is 48.2. The third-order valence-corrected chi connectivity index (χ3v) is 14.4. The number of nitrogens with one attached hydrogen (secondary N) is 1. The van der Waals surface area contributed by atoms with Gasteiger partial charge in [-0.1, -0.05) is 27.7 Å². The van der Waals surface area contributed by atoms with Gasteiger partial charge in [-0.2, -0.15) is 4.31 Å². The summed E-state index contributed by atoms with van der Waals surface area (Å²) in [6.45, 7) is 19.0. The number of ether oxygens (including phenoxy) is 6. The standard InChI is InChI=1S/C39H74N2O14S/c1-15-28-38(11,46)32(43)25(7)40-20-21(3)18-36(9,45)33(55-35-30(42)27(17-22(4)51-35)41(12)56(14,48)49)23(5)31(24(6)34(44)53-28)54-29-19-37(10,50-13)39(47,16-2)26(8)52-29/h21-33,35,40,42-43,45-47H,15-20H2,1-14H3/t21-,22-,23+,24-,25-,26+,27+,28-,29+,30-,31+,32-,33-,35+,36-,37-,38-,39+/m1/s1. The molecule has 3 rings (SSSR count). The number of rotatable bonds is 9. The Bertz CT molecular complexity index is 1400. The fraction of sp³-hybridized carbons (Fsp3) is 0.974. The molecular weight excluding hydrogens is 752 g/mol. The van der Waals surface area contributed by atoms with Crippen LogP contribution in [0.3, 0.4) is 0 Å². The van der Waals surface area contributed by atoms with E-state index in [2.05, 4.69) is 5.32 Å². The molecule has 17 heteroatoms. The minimum Gasteiger partial charge on any atom is -0.459 e. The van der Waals surface area contributed by atoms with Crippen LogP contribution in [-0.4, -0.2) is 161 Å². The molecule has 0 spiro atoms. The van der Waals surface area contributed by atoms with E-state index in [9.17, 15) is 38.7 Å². The van der Waals surface area contributed by atoms with E-state index in [0.29, 0.717) is 13.0 Å². The van der Waals surface area contributed by atoms with Crippen molar-refractivity contribution in [1.29, 1.82) is 0 Å². The van der Waals surface area contributed by atoms with Crippen molar-refractivity contribution in [2.24, 2.45) is 17.8 Å². The van der Waals surface area contributed by atoms with Gasteiger partial charge in [0, 0.05) is 32.5 Å². The predicted molar refractivity (Wildman–Crippen MR) is 208 cm³/mol. The maximum atomic E-state index is 14.3. The fourth-order valence-corrected chi connectivity index (χ4v) is 9.88. The van der Waals surface area contributed by atoms with Crippen molar-refractivity contribution < 1.29 is 67.2 Å². The summed E-state index contributed by atoms with van der Waals surface area (Å²) in [7, 11) is -0.849. The lowest BCUT2D eigenvalue weighted by atomic mass is 9.74. The molecule has 0 aromatic heterocycles. The van der Waals surface area contributed by atoms with Crippen LogP contribution in [0.1, 0.15) is 108 Å². The maximum absolute atomic E-state index is 14.3. The monoisotopic (exact) mass is 826 g/mol.